The van der Waals surface area contributed by atoms with Crippen LogP contribution >= 0.6 is 0 Å². The molecule has 0 radical (unpaired) electrons. The predicted molar refractivity (Wildman–Crippen MR) is 88.6 cm³/mol. The summed E-state index contributed by atoms with van der Waals surface area (Å²) in [7, 11) is 2.10. The van der Waals surface area contributed by atoms with Gasteiger partial charge in [-0.1, -0.05) is 13.3 Å². The van der Waals surface area contributed by atoms with E-state index in [-0.39, 0.29) is 5.54 Å². The van der Waals surface area contributed by atoms with Gasteiger partial charge in [-0.3, -0.25) is 9.58 Å². The molecule has 1 fully saturated rings. The summed E-state index contributed by atoms with van der Waals surface area (Å²) < 4.78 is 2.02. The van der Waals surface area contributed by atoms with Crippen LogP contribution in [0.3, 0.4) is 0 Å². The first-order valence-corrected chi connectivity index (χ1v) is 8.57. The van der Waals surface area contributed by atoms with Gasteiger partial charge in [0, 0.05) is 24.3 Å². The van der Waals surface area contributed by atoms with E-state index in [9.17, 15) is 0 Å². The standard InChI is InChI=1S/C17H32N4/c1-5-17(3,20-10-8-7-9-11-20)16(18-4)12-15-13-19-21(6-2)14-15/h13-14,16,18H,5-12H2,1-4H3. The maximum atomic E-state index is 4.42. The van der Waals surface area contributed by atoms with Crippen molar-refractivity contribution in [3.8, 4) is 0 Å². The summed E-state index contributed by atoms with van der Waals surface area (Å²) in [4.78, 5) is 2.71. The Hall–Kier alpha value is -0.870. The number of likely N-dealkylation sites (tertiary alicyclic amines) is 1. The number of piperidine rings is 1. The molecule has 2 atom stereocenters. The Morgan fingerprint density at radius 3 is 2.52 bits per heavy atom. The van der Waals surface area contributed by atoms with Crippen LogP contribution in [-0.2, 0) is 13.0 Å². The molecule has 0 bridgehead atoms. The minimum atomic E-state index is 0.226. The molecule has 1 aliphatic rings. The van der Waals surface area contributed by atoms with E-state index in [1.165, 1.54) is 44.3 Å². The highest BCUT2D eigenvalue weighted by atomic mass is 15.3. The first-order chi connectivity index (χ1) is 10.1. The van der Waals surface area contributed by atoms with Gasteiger partial charge in [0.2, 0.25) is 0 Å². The molecule has 1 aromatic rings. The average Bonchev–Trinajstić information content (AvgIpc) is 3.00. The molecular formula is C17H32N4. The molecule has 2 heterocycles. The Kier molecular flexibility index (Phi) is 5.82. The van der Waals surface area contributed by atoms with Crippen LogP contribution in [0, 0.1) is 0 Å². The molecule has 0 spiro atoms. The third kappa shape index (κ3) is 3.67. The second-order valence-electron chi connectivity index (χ2n) is 6.51. The van der Waals surface area contributed by atoms with Gasteiger partial charge in [-0.05, 0) is 65.2 Å². The van der Waals surface area contributed by atoms with E-state index >= 15 is 0 Å². The molecule has 21 heavy (non-hydrogen) atoms. The topological polar surface area (TPSA) is 33.1 Å². The van der Waals surface area contributed by atoms with Crippen molar-refractivity contribution >= 4 is 0 Å². The van der Waals surface area contributed by atoms with Crippen LogP contribution in [0.25, 0.3) is 0 Å². The fourth-order valence-corrected chi connectivity index (χ4v) is 3.65. The van der Waals surface area contributed by atoms with Crippen molar-refractivity contribution in [2.75, 3.05) is 20.1 Å². The minimum Gasteiger partial charge on any atom is -0.315 e. The van der Waals surface area contributed by atoms with E-state index in [4.69, 9.17) is 0 Å². The van der Waals surface area contributed by atoms with E-state index in [0.717, 1.165) is 13.0 Å². The zero-order valence-corrected chi connectivity index (χ0v) is 14.2. The number of nitrogens with one attached hydrogen (secondary N) is 1. The van der Waals surface area contributed by atoms with Gasteiger partial charge in [-0.2, -0.15) is 5.10 Å². The Bertz CT molecular complexity index is 422. The van der Waals surface area contributed by atoms with Gasteiger partial charge in [-0.25, -0.2) is 0 Å². The normalized spacial score (nSPS) is 21.1. The van der Waals surface area contributed by atoms with Gasteiger partial charge >= 0.3 is 0 Å². The van der Waals surface area contributed by atoms with Crippen molar-refractivity contribution in [3.63, 3.8) is 0 Å². The summed E-state index contributed by atoms with van der Waals surface area (Å²) >= 11 is 0. The Morgan fingerprint density at radius 2 is 2.00 bits per heavy atom. The van der Waals surface area contributed by atoms with Gasteiger partial charge in [-0.15, -0.1) is 0 Å². The molecule has 1 N–H and O–H groups in total. The average molecular weight is 292 g/mol. The highest BCUT2D eigenvalue weighted by Crippen LogP contribution is 2.29. The lowest BCUT2D eigenvalue weighted by molar-refractivity contribution is 0.0453. The molecule has 2 unspecified atom stereocenters. The van der Waals surface area contributed by atoms with Crippen LogP contribution in [0.1, 0.15) is 52.0 Å². The highest BCUT2D eigenvalue weighted by molar-refractivity contribution is 5.10. The van der Waals surface area contributed by atoms with Crippen molar-refractivity contribution in [1.82, 2.24) is 20.0 Å². The molecule has 1 saturated heterocycles. The quantitative estimate of drug-likeness (QED) is 0.839. The van der Waals surface area contributed by atoms with Crippen molar-refractivity contribution < 1.29 is 0 Å². The summed E-state index contributed by atoms with van der Waals surface area (Å²) in [6, 6.07) is 0.468. The van der Waals surface area contributed by atoms with Gasteiger partial charge < -0.3 is 5.32 Å². The number of aryl methyl sites for hydroxylation is 1. The third-order valence-electron chi connectivity index (χ3n) is 5.34. The first kappa shape index (κ1) is 16.5. The lowest BCUT2D eigenvalue weighted by atomic mass is 9.83. The second kappa shape index (κ2) is 7.41. The summed E-state index contributed by atoms with van der Waals surface area (Å²) in [6.45, 7) is 10.3. The monoisotopic (exact) mass is 292 g/mol. The summed E-state index contributed by atoms with van der Waals surface area (Å²) in [6.07, 6.45) is 10.5. The van der Waals surface area contributed by atoms with E-state index in [2.05, 4.69) is 49.3 Å². The molecule has 0 saturated carbocycles. The largest absolute Gasteiger partial charge is 0.315 e. The molecule has 2 rings (SSSR count). The zero-order valence-electron chi connectivity index (χ0n) is 14.2. The second-order valence-corrected chi connectivity index (χ2v) is 6.51. The van der Waals surface area contributed by atoms with Crippen LogP contribution in [0.4, 0.5) is 0 Å². The van der Waals surface area contributed by atoms with E-state index in [0.29, 0.717) is 6.04 Å². The van der Waals surface area contributed by atoms with Crippen LogP contribution in [0.2, 0.25) is 0 Å². The van der Waals surface area contributed by atoms with Crippen LogP contribution in [0.5, 0.6) is 0 Å². The summed E-state index contributed by atoms with van der Waals surface area (Å²) in [5.41, 5.74) is 1.57. The van der Waals surface area contributed by atoms with Crippen molar-refractivity contribution in [3.05, 3.63) is 18.0 Å². The molecule has 4 nitrogen and oxygen atoms in total. The molecule has 1 aliphatic heterocycles. The lowest BCUT2D eigenvalue weighted by Gasteiger charge is -2.48. The fraction of sp³-hybridized carbons (Fsp3) is 0.824. The zero-order chi connectivity index (χ0) is 15.3. The number of hydrogen-bond acceptors (Lipinski definition) is 3. The Balaban J connectivity index is 2.11. The Morgan fingerprint density at radius 1 is 1.29 bits per heavy atom. The third-order valence-corrected chi connectivity index (χ3v) is 5.34. The molecule has 120 valence electrons. The molecule has 0 aliphatic carbocycles. The molecule has 0 aromatic carbocycles. The summed E-state index contributed by atoms with van der Waals surface area (Å²) in [5.74, 6) is 0. The minimum absolute atomic E-state index is 0.226. The SMILES string of the molecule is CCn1cc(CC(NC)C(C)(CC)N2CCCCC2)cn1. The fourth-order valence-electron chi connectivity index (χ4n) is 3.65. The number of likely N-dealkylation sites (N-methyl/N-ethyl adjacent to an activating group) is 1. The van der Waals surface area contributed by atoms with Crippen LogP contribution < -0.4 is 5.32 Å². The number of hydrogen-bond donors (Lipinski definition) is 1. The van der Waals surface area contributed by atoms with E-state index < -0.39 is 0 Å². The van der Waals surface area contributed by atoms with E-state index in [1.54, 1.807) is 0 Å². The van der Waals surface area contributed by atoms with Crippen LogP contribution in [0.15, 0.2) is 12.4 Å². The first-order valence-electron chi connectivity index (χ1n) is 8.57. The smallest absolute Gasteiger partial charge is 0.0522 e. The molecule has 4 heteroatoms. The van der Waals surface area contributed by atoms with Gasteiger partial charge in [0.25, 0.3) is 0 Å². The molecular weight excluding hydrogens is 260 g/mol. The molecule has 0 amide bonds. The molecule has 1 aromatic heterocycles. The van der Waals surface area contributed by atoms with Crippen LogP contribution in [-0.4, -0.2) is 46.4 Å². The summed E-state index contributed by atoms with van der Waals surface area (Å²) in [5, 5.41) is 8.01. The van der Waals surface area contributed by atoms with Gasteiger partial charge in [0.05, 0.1) is 6.20 Å². The number of aromatic nitrogens is 2. The Labute approximate surface area is 129 Å². The van der Waals surface area contributed by atoms with Crippen molar-refractivity contribution in [1.29, 1.82) is 0 Å². The van der Waals surface area contributed by atoms with Gasteiger partial charge in [0.1, 0.15) is 0 Å². The van der Waals surface area contributed by atoms with Crippen molar-refractivity contribution in [2.24, 2.45) is 0 Å². The maximum absolute atomic E-state index is 4.42. The highest BCUT2D eigenvalue weighted by Gasteiger charge is 2.38. The number of nitrogens with zero attached hydrogens (tertiary/aromatic N) is 3. The van der Waals surface area contributed by atoms with E-state index in [1.807, 2.05) is 10.9 Å². The van der Waals surface area contributed by atoms with Gasteiger partial charge in [0.15, 0.2) is 0 Å². The van der Waals surface area contributed by atoms with Crippen molar-refractivity contribution in [2.45, 2.75) is 71.0 Å². The predicted octanol–water partition coefficient (Wildman–Crippen LogP) is 2.69. The number of rotatable bonds is 7. The lowest BCUT2D eigenvalue weighted by Crippen LogP contribution is -2.60. The maximum Gasteiger partial charge on any atom is 0.0522 e.